The number of fused-ring (bicyclic) bond motifs is 1. The molecule has 144 valence electrons. The zero-order chi connectivity index (χ0) is 20.4. The Morgan fingerprint density at radius 1 is 0.966 bits per heavy atom. The third-order valence-electron chi connectivity index (χ3n) is 4.00. The van der Waals surface area contributed by atoms with Gasteiger partial charge in [-0.25, -0.2) is 24.9 Å². The van der Waals surface area contributed by atoms with E-state index >= 15 is 0 Å². The second-order valence-electron chi connectivity index (χ2n) is 5.91. The van der Waals surface area contributed by atoms with Crippen LogP contribution >= 0.6 is 0 Å². The summed E-state index contributed by atoms with van der Waals surface area (Å²) in [6.45, 7) is 0. The van der Waals surface area contributed by atoms with Crippen LogP contribution in [0.4, 0.5) is 19.0 Å². The molecular formula is C19H11F3N6O. The molecule has 0 aliphatic carbocycles. The van der Waals surface area contributed by atoms with Crippen molar-refractivity contribution in [3.63, 3.8) is 0 Å². The molecule has 0 saturated heterocycles. The average Bonchev–Trinajstić information content (AvgIpc) is 2.73. The zero-order valence-corrected chi connectivity index (χ0v) is 14.6. The van der Waals surface area contributed by atoms with Gasteiger partial charge in [-0.05, 0) is 30.3 Å². The number of halogens is 3. The number of alkyl halides is 3. The first-order valence-electron chi connectivity index (χ1n) is 8.28. The number of carbonyl (C=O) groups is 1. The first-order chi connectivity index (χ1) is 13.9. The minimum absolute atomic E-state index is 0.0409. The third-order valence-corrected chi connectivity index (χ3v) is 4.00. The van der Waals surface area contributed by atoms with Crippen molar-refractivity contribution in [1.82, 2.24) is 24.9 Å². The van der Waals surface area contributed by atoms with E-state index in [9.17, 15) is 18.0 Å². The molecule has 0 fully saturated rings. The zero-order valence-electron chi connectivity index (χ0n) is 14.6. The first-order valence-corrected chi connectivity index (χ1v) is 8.28. The van der Waals surface area contributed by atoms with Crippen molar-refractivity contribution in [3.05, 3.63) is 72.6 Å². The second-order valence-corrected chi connectivity index (χ2v) is 5.91. The first kappa shape index (κ1) is 18.4. The van der Waals surface area contributed by atoms with Gasteiger partial charge in [-0.1, -0.05) is 12.1 Å². The lowest BCUT2D eigenvalue weighted by Crippen LogP contribution is -2.14. The van der Waals surface area contributed by atoms with Crippen LogP contribution in [0.25, 0.3) is 22.3 Å². The molecule has 7 nitrogen and oxygen atoms in total. The summed E-state index contributed by atoms with van der Waals surface area (Å²) in [5.74, 6) is -0.251. The second kappa shape index (κ2) is 7.23. The van der Waals surface area contributed by atoms with E-state index in [2.05, 4.69) is 30.2 Å². The van der Waals surface area contributed by atoms with Gasteiger partial charge in [-0.2, -0.15) is 13.2 Å². The maximum atomic E-state index is 13.1. The highest BCUT2D eigenvalue weighted by Crippen LogP contribution is 2.33. The van der Waals surface area contributed by atoms with Gasteiger partial charge in [0.25, 0.3) is 5.91 Å². The topological polar surface area (TPSA) is 93.6 Å². The molecule has 29 heavy (non-hydrogen) atoms. The van der Waals surface area contributed by atoms with Crippen molar-refractivity contribution in [2.75, 3.05) is 5.32 Å². The van der Waals surface area contributed by atoms with Gasteiger partial charge in [-0.15, -0.1) is 0 Å². The number of nitrogens with one attached hydrogen (secondary N) is 1. The average molecular weight is 396 g/mol. The molecule has 1 amide bonds. The molecule has 4 rings (SSSR count). The van der Waals surface area contributed by atoms with Crippen molar-refractivity contribution in [2.24, 2.45) is 0 Å². The van der Waals surface area contributed by atoms with Crippen LogP contribution in [-0.4, -0.2) is 30.8 Å². The highest BCUT2D eigenvalue weighted by Gasteiger charge is 2.30. The van der Waals surface area contributed by atoms with Crippen LogP contribution in [0.5, 0.6) is 0 Å². The largest absolute Gasteiger partial charge is 0.416 e. The van der Waals surface area contributed by atoms with Crippen LogP contribution < -0.4 is 5.32 Å². The lowest BCUT2D eigenvalue weighted by Gasteiger charge is -2.10. The summed E-state index contributed by atoms with van der Waals surface area (Å²) < 4.78 is 39.2. The van der Waals surface area contributed by atoms with Gasteiger partial charge in [0.15, 0.2) is 0 Å². The predicted octanol–water partition coefficient (Wildman–Crippen LogP) is 3.75. The molecular weight excluding hydrogens is 385 g/mol. The van der Waals surface area contributed by atoms with E-state index in [1.54, 1.807) is 6.07 Å². The Morgan fingerprint density at radius 3 is 2.59 bits per heavy atom. The summed E-state index contributed by atoms with van der Waals surface area (Å²) in [5.41, 5.74) is 0.248. The van der Waals surface area contributed by atoms with Gasteiger partial charge in [0.05, 0.1) is 16.8 Å². The maximum absolute atomic E-state index is 13.1. The van der Waals surface area contributed by atoms with Gasteiger partial charge in [0.1, 0.15) is 29.7 Å². The molecule has 0 spiro atoms. The molecule has 0 aliphatic heterocycles. The maximum Gasteiger partial charge on any atom is 0.416 e. The molecule has 0 saturated carbocycles. The monoisotopic (exact) mass is 396 g/mol. The van der Waals surface area contributed by atoms with Gasteiger partial charge in [0, 0.05) is 11.8 Å². The van der Waals surface area contributed by atoms with E-state index in [0.29, 0.717) is 5.52 Å². The number of hydrogen-bond acceptors (Lipinski definition) is 6. The van der Waals surface area contributed by atoms with Crippen LogP contribution in [0, 0.1) is 0 Å². The van der Waals surface area contributed by atoms with Crippen LogP contribution in [0.2, 0.25) is 0 Å². The van der Waals surface area contributed by atoms with Crippen LogP contribution in [0.1, 0.15) is 16.1 Å². The third kappa shape index (κ3) is 3.86. The van der Waals surface area contributed by atoms with E-state index in [1.165, 1.54) is 43.1 Å². The van der Waals surface area contributed by atoms with Crippen molar-refractivity contribution >= 4 is 22.8 Å². The Kier molecular flexibility index (Phi) is 4.59. The van der Waals surface area contributed by atoms with E-state index in [0.717, 1.165) is 12.1 Å². The SMILES string of the molecule is O=C(Nc1ccncn1)c1ccc2ncnc(-c3cccc(C(F)(F)F)c3)c2n1. The summed E-state index contributed by atoms with van der Waals surface area (Å²) in [6, 6.07) is 9.26. The molecule has 3 heterocycles. The summed E-state index contributed by atoms with van der Waals surface area (Å²) in [7, 11) is 0. The van der Waals surface area contributed by atoms with Gasteiger partial charge >= 0.3 is 6.18 Å². The number of amides is 1. The standard InChI is InChI=1S/C19H11F3N6O/c20-19(21,22)12-3-1-2-11(8-12)16-17-13(24-10-26-16)4-5-14(27-17)18(29)28-15-6-7-23-9-25-15/h1-10H,(H,23,25,28,29). The van der Waals surface area contributed by atoms with Crippen LogP contribution in [-0.2, 0) is 6.18 Å². The lowest BCUT2D eigenvalue weighted by molar-refractivity contribution is -0.137. The van der Waals surface area contributed by atoms with E-state index in [-0.39, 0.29) is 28.3 Å². The molecule has 0 atom stereocenters. The van der Waals surface area contributed by atoms with E-state index in [1.807, 2.05) is 0 Å². The summed E-state index contributed by atoms with van der Waals surface area (Å²) >= 11 is 0. The molecule has 3 aromatic heterocycles. The van der Waals surface area contributed by atoms with Crippen molar-refractivity contribution in [1.29, 1.82) is 0 Å². The fourth-order valence-electron chi connectivity index (χ4n) is 2.67. The Bertz CT molecular complexity index is 1200. The quantitative estimate of drug-likeness (QED) is 0.567. The summed E-state index contributed by atoms with van der Waals surface area (Å²) in [6.07, 6.45) is -0.506. The molecule has 0 aliphatic rings. The number of anilines is 1. The van der Waals surface area contributed by atoms with Crippen LogP contribution in [0.15, 0.2) is 61.3 Å². The molecule has 0 radical (unpaired) electrons. The summed E-state index contributed by atoms with van der Waals surface area (Å²) in [4.78, 5) is 32.6. The Labute approximate surface area is 161 Å². The number of hydrogen-bond donors (Lipinski definition) is 1. The lowest BCUT2D eigenvalue weighted by atomic mass is 10.1. The van der Waals surface area contributed by atoms with Crippen molar-refractivity contribution in [3.8, 4) is 11.3 Å². The number of nitrogens with zero attached hydrogens (tertiary/aromatic N) is 5. The minimum Gasteiger partial charge on any atom is -0.305 e. The number of pyridine rings is 1. The Morgan fingerprint density at radius 2 is 1.83 bits per heavy atom. The Balaban J connectivity index is 1.76. The summed E-state index contributed by atoms with van der Waals surface area (Å²) in [5, 5.41) is 2.57. The molecule has 1 N–H and O–H groups in total. The van der Waals surface area contributed by atoms with Crippen molar-refractivity contribution < 1.29 is 18.0 Å². The molecule has 4 aromatic rings. The van der Waals surface area contributed by atoms with Gasteiger partial charge < -0.3 is 5.32 Å². The van der Waals surface area contributed by atoms with Crippen LogP contribution in [0.3, 0.4) is 0 Å². The number of carbonyl (C=O) groups excluding carboxylic acids is 1. The van der Waals surface area contributed by atoms with E-state index in [4.69, 9.17) is 0 Å². The normalized spacial score (nSPS) is 11.4. The predicted molar refractivity (Wildman–Crippen MR) is 97.8 cm³/mol. The van der Waals surface area contributed by atoms with E-state index < -0.39 is 17.6 Å². The molecule has 0 bridgehead atoms. The fraction of sp³-hybridized carbons (Fsp3) is 0.0526. The number of benzene rings is 1. The van der Waals surface area contributed by atoms with Gasteiger partial charge in [0.2, 0.25) is 0 Å². The van der Waals surface area contributed by atoms with Crippen molar-refractivity contribution in [2.45, 2.75) is 6.18 Å². The molecule has 10 heteroatoms. The van der Waals surface area contributed by atoms with Gasteiger partial charge in [-0.3, -0.25) is 4.79 Å². The fourth-order valence-corrected chi connectivity index (χ4v) is 2.67. The molecule has 0 unspecified atom stereocenters. The highest BCUT2D eigenvalue weighted by molar-refractivity contribution is 6.04. The highest BCUT2D eigenvalue weighted by atomic mass is 19.4. The number of rotatable bonds is 3. The molecule has 1 aromatic carbocycles. The smallest absolute Gasteiger partial charge is 0.305 e. The Hall–Kier alpha value is -3.95. The number of aromatic nitrogens is 5. The minimum atomic E-state index is -4.49.